The van der Waals surface area contributed by atoms with Crippen molar-refractivity contribution in [1.29, 1.82) is 5.26 Å². The molecule has 1 saturated heterocycles. The van der Waals surface area contributed by atoms with Crippen molar-refractivity contribution < 1.29 is 17.9 Å². The zero-order valence-electron chi connectivity index (χ0n) is 19.0. The molecule has 180 valence electrons. The molecule has 3 aromatic rings. The number of nitrogens with one attached hydrogen (secondary N) is 1. The van der Waals surface area contributed by atoms with E-state index < -0.39 is 32.2 Å². The SMILES string of the molecule is Cn1c(=O)c(C(=O)NCc2ccc(C#N)cc2)cc2cnnc(O[C@H]3CCCS(=O)(=O)C34CC4)c21. The molecule has 1 aliphatic heterocycles. The highest BCUT2D eigenvalue weighted by Crippen LogP contribution is 2.52. The number of aromatic nitrogens is 3. The second-order valence-electron chi connectivity index (χ2n) is 9.00. The van der Waals surface area contributed by atoms with E-state index in [1.807, 2.05) is 6.07 Å². The van der Waals surface area contributed by atoms with Gasteiger partial charge in [-0.3, -0.25) is 9.59 Å². The molecule has 0 radical (unpaired) electrons. The summed E-state index contributed by atoms with van der Waals surface area (Å²) in [6.07, 6.45) is 3.09. The maximum absolute atomic E-state index is 13.1. The molecule has 1 N–H and O–H groups in total. The number of carbonyl (C=O) groups excluding carboxylic acids is 1. The number of sulfone groups is 1. The van der Waals surface area contributed by atoms with Gasteiger partial charge < -0.3 is 14.6 Å². The molecule has 1 aromatic carbocycles. The van der Waals surface area contributed by atoms with Crippen molar-refractivity contribution in [3.63, 3.8) is 0 Å². The van der Waals surface area contributed by atoms with Gasteiger partial charge in [0, 0.05) is 19.0 Å². The van der Waals surface area contributed by atoms with E-state index in [0.29, 0.717) is 42.1 Å². The van der Waals surface area contributed by atoms with Gasteiger partial charge in [-0.2, -0.15) is 10.4 Å². The van der Waals surface area contributed by atoms with Crippen LogP contribution in [0.15, 0.2) is 41.3 Å². The molecule has 1 amide bonds. The molecular weight excluding hydrogens is 470 g/mol. The Bertz CT molecular complexity index is 1540. The molecule has 2 aliphatic rings. The number of aryl methyl sites for hydroxylation is 1. The summed E-state index contributed by atoms with van der Waals surface area (Å²) in [5.41, 5.74) is 1.05. The number of fused-ring (bicyclic) bond motifs is 1. The van der Waals surface area contributed by atoms with Crippen molar-refractivity contribution >= 4 is 26.6 Å². The van der Waals surface area contributed by atoms with Gasteiger partial charge in [0.05, 0.1) is 23.6 Å². The molecule has 0 unspecified atom stereocenters. The van der Waals surface area contributed by atoms with Gasteiger partial charge in [0.1, 0.15) is 21.9 Å². The Labute approximate surface area is 201 Å². The van der Waals surface area contributed by atoms with Crippen LogP contribution >= 0.6 is 0 Å². The number of nitrogens with zero attached hydrogens (tertiary/aromatic N) is 4. The normalized spacial score (nSPS) is 19.7. The quantitative estimate of drug-likeness (QED) is 0.565. The highest BCUT2D eigenvalue weighted by atomic mass is 32.2. The van der Waals surface area contributed by atoms with Gasteiger partial charge in [-0.15, -0.1) is 5.10 Å². The third kappa shape index (κ3) is 3.93. The van der Waals surface area contributed by atoms with Crippen LogP contribution in [-0.4, -0.2) is 45.7 Å². The van der Waals surface area contributed by atoms with Crippen molar-refractivity contribution in [2.45, 2.75) is 43.1 Å². The Morgan fingerprint density at radius 1 is 1.31 bits per heavy atom. The summed E-state index contributed by atoms with van der Waals surface area (Å²) in [5.74, 6) is -0.306. The van der Waals surface area contributed by atoms with Gasteiger partial charge in [-0.25, -0.2) is 8.42 Å². The minimum absolute atomic E-state index is 0.0634. The zero-order chi connectivity index (χ0) is 24.8. The maximum Gasteiger partial charge on any atom is 0.263 e. The van der Waals surface area contributed by atoms with Crippen molar-refractivity contribution in [2.24, 2.45) is 7.05 Å². The first-order valence-corrected chi connectivity index (χ1v) is 12.9. The molecule has 1 atom stereocenters. The lowest BCUT2D eigenvalue weighted by molar-refractivity contribution is 0.0949. The van der Waals surface area contributed by atoms with Crippen LogP contribution in [0.1, 0.15) is 47.2 Å². The van der Waals surface area contributed by atoms with E-state index in [4.69, 9.17) is 10.00 Å². The zero-order valence-corrected chi connectivity index (χ0v) is 19.8. The molecule has 2 fully saturated rings. The van der Waals surface area contributed by atoms with Gasteiger partial charge in [0.25, 0.3) is 17.3 Å². The number of benzene rings is 1. The fraction of sp³-hybridized carbons (Fsp3) is 0.375. The highest BCUT2D eigenvalue weighted by Gasteiger charge is 2.62. The molecule has 11 heteroatoms. The number of rotatable bonds is 5. The second-order valence-corrected chi connectivity index (χ2v) is 11.5. The maximum atomic E-state index is 13.1. The number of carbonyl (C=O) groups is 1. The Balaban J connectivity index is 1.42. The fourth-order valence-corrected chi connectivity index (χ4v) is 6.96. The largest absolute Gasteiger partial charge is 0.470 e. The Kier molecular flexibility index (Phi) is 5.56. The number of hydrogen-bond donors (Lipinski definition) is 1. The van der Waals surface area contributed by atoms with Crippen molar-refractivity contribution in [1.82, 2.24) is 20.1 Å². The minimum Gasteiger partial charge on any atom is -0.470 e. The monoisotopic (exact) mass is 493 g/mol. The van der Waals surface area contributed by atoms with Gasteiger partial charge in [0.15, 0.2) is 9.84 Å². The topological polar surface area (TPSA) is 144 Å². The molecule has 1 aliphatic carbocycles. The molecule has 0 bridgehead atoms. The lowest BCUT2D eigenvalue weighted by Crippen LogP contribution is -2.45. The van der Waals surface area contributed by atoms with Crippen LogP contribution in [0, 0.1) is 11.3 Å². The summed E-state index contributed by atoms with van der Waals surface area (Å²) < 4.78 is 31.8. The standard InChI is InChI=1S/C24H23N5O5S/c1-29-20-17(11-18(23(29)31)21(30)26-13-16-6-4-15(12-25)5-7-16)14-27-28-22(20)34-19-3-2-10-35(32,33)24(19)8-9-24/h4-7,11,14,19H,2-3,8-10,13H2,1H3,(H,26,30)/t19-/m0/s1. The van der Waals surface area contributed by atoms with Gasteiger partial charge in [-0.05, 0) is 49.4 Å². The van der Waals surface area contributed by atoms with E-state index in [1.165, 1.54) is 23.9 Å². The number of nitriles is 1. The lowest BCUT2D eigenvalue weighted by atomic mass is 10.1. The van der Waals surface area contributed by atoms with Gasteiger partial charge in [0.2, 0.25) is 0 Å². The second kappa shape index (κ2) is 8.46. The van der Waals surface area contributed by atoms with Crippen LogP contribution < -0.4 is 15.6 Å². The van der Waals surface area contributed by atoms with Crippen LogP contribution in [-0.2, 0) is 23.4 Å². The summed E-state index contributed by atoms with van der Waals surface area (Å²) >= 11 is 0. The third-order valence-corrected chi connectivity index (χ3v) is 9.59. The van der Waals surface area contributed by atoms with E-state index in [9.17, 15) is 18.0 Å². The first-order chi connectivity index (χ1) is 16.8. The molecule has 1 saturated carbocycles. The predicted molar refractivity (Wildman–Crippen MR) is 127 cm³/mol. The average molecular weight is 494 g/mol. The van der Waals surface area contributed by atoms with Crippen LogP contribution in [0.5, 0.6) is 5.88 Å². The minimum atomic E-state index is -3.25. The molecular formula is C24H23N5O5S. The first-order valence-electron chi connectivity index (χ1n) is 11.3. The van der Waals surface area contributed by atoms with E-state index in [-0.39, 0.29) is 23.7 Å². The Morgan fingerprint density at radius 2 is 2.06 bits per heavy atom. The Hall–Kier alpha value is -3.78. The Morgan fingerprint density at radius 3 is 2.74 bits per heavy atom. The first kappa shape index (κ1) is 23.0. The van der Waals surface area contributed by atoms with Crippen LogP contribution in [0.3, 0.4) is 0 Å². The van der Waals surface area contributed by atoms with E-state index in [1.54, 1.807) is 24.3 Å². The number of hydrogen-bond acceptors (Lipinski definition) is 8. The van der Waals surface area contributed by atoms with E-state index in [0.717, 1.165) is 5.56 Å². The number of ether oxygens (including phenoxy) is 1. The lowest BCUT2D eigenvalue weighted by Gasteiger charge is -2.31. The smallest absolute Gasteiger partial charge is 0.263 e. The van der Waals surface area contributed by atoms with Gasteiger partial charge in [-0.1, -0.05) is 12.1 Å². The highest BCUT2D eigenvalue weighted by molar-refractivity contribution is 7.93. The number of pyridine rings is 1. The van der Waals surface area contributed by atoms with Crippen molar-refractivity contribution in [2.75, 3.05) is 5.75 Å². The predicted octanol–water partition coefficient (Wildman–Crippen LogP) is 1.62. The third-order valence-electron chi connectivity index (χ3n) is 6.85. The fourth-order valence-electron chi connectivity index (χ4n) is 4.72. The molecule has 3 heterocycles. The van der Waals surface area contributed by atoms with E-state index >= 15 is 0 Å². The van der Waals surface area contributed by atoms with Crippen molar-refractivity contribution in [3.8, 4) is 11.9 Å². The van der Waals surface area contributed by atoms with Crippen LogP contribution in [0.2, 0.25) is 0 Å². The summed E-state index contributed by atoms with van der Waals surface area (Å²) in [6, 6.07) is 10.2. The summed E-state index contributed by atoms with van der Waals surface area (Å²) in [7, 11) is -1.74. The number of amides is 1. The molecule has 1 spiro atoms. The summed E-state index contributed by atoms with van der Waals surface area (Å²) in [5, 5.41) is 20.1. The average Bonchev–Trinajstić information content (AvgIpc) is 3.66. The molecule has 35 heavy (non-hydrogen) atoms. The van der Waals surface area contributed by atoms with Crippen LogP contribution in [0.4, 0.5) is 0 Å². The van der Waals surface area contributed by atoms with E-state index in [2.05, 4.69) is 15.5 Å². The van der Waals surface area contributed by atoms with Crippen LogP contribution in [0.25, 0.3) is 10.9 Å². The molecule has 5 rings (SSSR count). The molecule has 2 aromatic heterocycles. The molecule has 10 nitrogen and oxygen atoms in total. The summed E-state index contributed by atoms with van der Waals surface area (Å²) in [4.78, 5) is 25.9. The summed E-state index contributed by atoms with van der Waals surface area (Å²) in [6.45, 7) is 0.187. The van der Waals surface area contributed by atoms with Crippen molar-refractivity contribution in [3.05, 3.63) is 63.6 Å². The van der Waals surface area contributed by atoms with Gasteiger partial charge >= 0.3 is 0 Å².